The molecule has 0 unspecified atom stereocenters. The SMILES string of the molecule is Cc1cc(C)cc(OCc2nc(N)n[nH]2)c1. The van der Waals surface area contributed by atoms with Crippen LogP contribution in [-0.4, -0.2) is 15.2 Å². The van der Waals surface area contributed by atoms with Crippen molar-refractivity contribution in [1.29, 1.82) is 0 Å². The maximum atomic E-state index is 5.58. The first kappa shape index (κ1) is 10.5. The molecule has 5 heteroatoms. The molecule has 0 bridgehead atoms. The van der Waals surface area contributed by atoms with E-state index < -0.39 is 0 Å². The lowest BCUT2D eigenvalue weighted by Crippen LogP contribution is -1.98. The summed E-state index contributed by atoms with van der Waals surface area (Å²) in [6.07, 6.45) is 0. The summed E-state index contributed by atoms with van der Waals surface area (Å²) in [7, 11) is 0. The van der Waals surface area contributed by atoms with Gasteiger partial charge in [0.2, 0.25) is 5.95 Å². The molecular weight excluding hydrogens is 204 g/mol. The number of hydrogen-bond donors (Lipinski definition) is 2. The molecule has 0 radical (unpaired) electrons. The van der Waals surface area contributed by atoms with E-state index in [1.54, 1.807) is 0 Å². The van der Waals surface area contributed by atoms with Crippen LogP contribution in [0.3, 0.4) is 0 Å². The van der Waals surface area contributed by atoms with Gasteiger partial charge >= 0.3 is 0 Å². The van der Waals surface area contributed by atoms with Crippen molar-refractivity contribution >= 4 is 5.95 Å². The average molecular weight is 218 g/mol. The van der Waals surface area contributed by atoms with Gasteiger partial charge in [-0.15, -0.1) is 5.10 Å². The van der Waals surface area contributed by atoms with Gasteiger partial charge in [0.1, 0.15) is 12.4 Å². The van der Waals surface area contributed by atoms with Crippen LogP contribution in [0, 0.1) is 13.8 Å². The molecule has 1 aromatic heterocycles. The number of aryl methyl sites for hydroxylation is 2. The Kier molecular flexibility index (Phi) is 2.76. The summed E-state index contributed by atoms with van der Waals surface area (Å²) in [5.74, 6) is 1.68. The second-order valence-electron chi connectivity index (χ2n) is 3.75. The molecule has 16 heavy (non-hydrogen) atoms. The molecule has 3 N–H and O–H groups in total. The number of nitrogens with two attached hydrogens (primary N) is 1. The predicted molar refractivity (Wildman–Crippen MR) is 61.0 cm³/mol. The largest absolute Gasteiger partial charge is 0.486 e. The van der Waals surface area contributed by atoms with Gasteiger partial charge in [0, 0.05) is 0 Å². The highest BCUT2D eigenvalue weighted by Crippen LogP contribution is 2.17. The Morgan fingerprint density at radius 3 is 2.50 bits per heavy atom. The second-order valence-corrected chi connectivity index (χ2v) is 3.75. The van der Waals surface area contributed by atoms with E-state index in [9.17, 15) is 0 Å². The Hall–Kier alpha value is -2.04. The first-order chi connectivity index (χ1) is 7.63. The molecule has 0 atom stereocenters. The zero-order chi connectivity index (χ0) is 11.5. The number of aromatic amines is 1. The maximum Gasteiger partial charge on any atom is 0.239 e. The molecule has 0 saturated carbocycles. The van der Waals surface area contributed by atoms with Crippen LogP contribution >= 0.6 is 0 Å². The van der Waals surface area contributed by atoms with Gasteiger partial charge in [-0.1, -0.05) is 6.07 Å². The molecule has 0 spiro atoms. The van der Waals surface area contributed by atoms with Gasteiger partial charge in [-0.05, 0) is 37.1 Å². The molecule has 0 aliphatic carbocycles. The molecule has 2 rings (SSSR count). The maximum absolute atomic E-state index is 5.58. The first-order valence-corrected chi connectivity index (χ1v) is 5.01. The van der Waals surface area contributed by atoms with Crippen molar-refractivity contribution < 1.29 is 4.74 Å². The molecule has 1 heterocycles. The third-order valence-corrected chi connectivity index (χ3v) is 2.12. The number of hydrogen-bond acceptors (Lipinski definition) is 4. The average Bonchev–Trinajstić information content (AvgIpc) is 2.60. The summed E-state index contributed by atoms with van der Waals surface area (Å²) in [6, 6.07) is 6.05. The van der Waals surface area contributed by atoms with Gasteiger partial charge in [-0.25, -0.2) is 0 Å². The molecule has 1 aromatic carbocycles. The van der Waals surface area contributed by atoms with E-state index in [1.807, 2.05) is 26.0 Å². The van der Waals surface area contributed by atoms with Crippen LogP contribution in [0.15, 0.2) is 18.2 Å². The molecule has 0 aliphatic heterocycles. The highest BCUT2D eigenvalue weighted by Gasteiger charge is 2.01. The summed E-state index contributed by atoms with van der Waals surface area (Å²) < 4.78 is 5.58. The lowest BCUT2D eigenvalue weighted by atomic mass is 10.1. The molecule has 5 nitrogen and oxygen atoms in total. The molecule has 0 aliphatic rings. The number of nitrogens with one attached hydrogen (secondary N) is 1. The third-order valence-electron chi connectivity index (χ3n) is 2.12. The Morgan fingerprint density at radius 2 is 1.94 bits per heavy atom. The molecule has 0 saturated heterocycles. The molecule has 0 fully saturated rings. The fourth-order valence-corrected chi connectivity index (χ4v) is 1.54. The molecule has 2 aromatic rings. The van der Waals surface area contributed by atoms with Crippen molar-refractivity contribution in [1.82, 2.24) is 15.2 Å². The summed E-state index contributed by atoms with van der Waals surface area (Å²) in [5, 5.41) is 6.42. The van der Waals surface area contributed by atoms with Gasteiger partial charge in [0.15, 0.2) is 5.82 Å². The minimum absolute atomic E-state index is 0.235. The minimum Gasteiger partial charge on any atom is -0.486 e. The summed E-state index contributed by atoms with van der Waals surface area (Å²) in [6.45, 7) is 4.41. The zero-order valence-corrected chi connectivity index (χ0v) is 9.32. The number of ether oxygens (including phenoxy) is 1. The van der Waals surface area contributed by atoms with Gasteiger partial charge in [0.25, 0.3) is 0 Å². The van der Waals surface area contributed by atoms with Crippen molar-refractivity contribution in [3.63, 3.8) is 0 Å². The van der Waals surface area contributed by atoms with Crippen molar-refractivity contribution in [2.45, 2.75) is 20.5 Å². The van der Waals surface area contributed by atoms with Gasteiger partial charge in [-0.2, -0.15) is 4.98 Å². The first-order valence-electron chi connectivity index (χ1n) is 5.01. The van der Waals surface area contributed by atoms with Crippen molar-refractivity contribution in [2.75, 3.05) is 5.73 Å². The lowest BCUT2D eigenvalue weighted by molar-refractivity contribution is 0.296. The van der Waals surface area contributed by atoms with E-state index in [1.165, 1.54) is 11.1 Å². The quantitative estimate of drug-likeness (QED) is 0.820. The van der Waals surface area contributed by atoms with Crippen LogP contribution in [0.4, 0.5) is 5.95 Å². The lowest BCUT2D eigenvalue weighted by Gasteiger charge is -2.06. The Balaban J connectivity index is 2.04. The van der Waals surface area contributed by atoms with E-state index in [0.29, 0.717) is 12.4 Å². The van der Waals surface area contributed by atoms with Crippen molar-refractivity contribution in [3.8, 4) is 5.75 Å². The number of H-pyrrole nitrogens is 1. The summed E-state index contributed by atoms with van der Waals surface area (Å²) >= 11 is 0. The Bertz CT molecular complexity index is 472. The zero-order valence-electron chi connectivity index (χ0n) is 9.32. The van der Waals surface area contributed by atoms with Gasteiger partial charge in [-0.3, -0.25) is 5.10 Å². The fourth-order valence-electron chi connectivity index (χ4n) is 1.54. The van der Waals surface area contributed by atoms with E-state index in [0.717, 1.165) is 5.75 Å². The topological polar surface area (TPSA) is 76.8 Å². The van der Waals surface area contributed by atoms with Gasteiger partial charge in [0.05, 0.1) is 0 Å². The summed E-state index contributed by atoms with van der Waals surface area (Å²) in [4.78, 5) is 3.96. The monoisotopic (exact) mass is 218 g/mol. The van der Waals surface area contributed by atoms with Crippen LogP contribution in [0.25, 0.3) is 0 Å². The smallest absolute Gasteiger partial charge is 0.239 e. The van der Waals surface area contributed by atoms with E-state index in [-0.39, 0.29) is 5.95 Å². The van der Waals surface area contributed by atoms with Crippen LogP contribution in [0.1, 0.15) is 17.0 Å². The van der Waals surface area contributed by atoms with Crippen LogP contribution < -0.4 is 10.5 Å². The summed E-state index contributed by atoms with van der Waals surface area (Å²) in [5.41, 5.74) is 7.73. The molecule has 0 amide bonds. The van der Waals surface area contributed by atoms with Gasteiger partial charge < -0.3 is 10.5 Å². The predicted octanol–water partition coefficient (Wildman–Crippen LogP) is 1.58. The van der Waals surface area contributed by atoms with Crippen LogP contribution in [0.2, 0.25) is 0 Å². The number of benzene rings is 1. The minimum atomic E-state index is 0.235. The number of nitrogens with zero attached hydrogens (tertiary/aromatic N) is 2. The van der Waals surface area contributed by atoms with Crippen molar-refractivity contribution in [3.05, 3.63) is 35.2 Å². The molecular formula is C11H14N4O. The number of anilines is 1. The number of rotatable bonds is 3. The standard InChI is InChI=1S/C11H14N4O/c1-7-3-8(2)5-9(4-7)16-6-10-13-11(12)15-14-10/h3-5H,6H2,1-2H3,(H3,12,13,14,15). The number of nitrogen functional groups attached to an aromatic ring is 1. The fraction of sp³-hybridized carbons (Fsp3) is 0.273. The normalized spacial score (nSPS) is 10.4. The molecule has 84 valence electrons. The van der Waals surface area contributed by atoms with Crippen LogP contribution in [-0.2, 0) is 6.61 Å². The highest BCUT2D eigenvalue weighted by molar-refractivity contribution is 5.33. The van der Waals surface area contributed by atoms with E-state index in [4.69, 9.17) is 10.5 Å². The highest BCUT2D eigenvalue weighted by atomic mass is 16.5. The van der Waals surface area contributed by atoms with E-state index >= 15 is 0 Å². The van der Waals surface area contributed by atoms with E-state index in [2.05, 4.69) is 21.2 Å². The second kappa shape index (κ2) is 4.22. The Morgan fingerprint density at radius 1 is 1.25 bits per heavy atom. The number of aromatic nitrogens is 3. The third kappa shape index (κ3) is 2.50. The van der Waals surface area contributed by atoms with Crippen LogP contribution in [0.5, 0.6) is 5.75 Å². The van der Waals surface area contributed by atoms with Crippen molar-refractivity contribution in [2.24, 2.45) is 0 Å². The Labute approximate surface area is 93.7 Å².